The minimum Gasteiger partial charge on any atom is -0.368 e. The second kappa shape index (κ2) is 5.53. The number of ether oxygens (including phenoxy) is 1. The third-order valence-corrected chi connectivity index (χ3v) is 5.54. The second-order valence-corrected chi connectivity index (χ2v) is 7.05. The normalized spacial score (nSPS) is 39.1. The van der Waals surface area contributed by atoms with E-state index in [0.717, 1.165) is 31.3 Å². The van der Waals surface area contributed by atoms with E-state index in [-0.39, 0.29) is 6.10 Å². The molecule has 0 radical (unpaired) electrons. The largest absolute Gasteiger partial charge is 0.368 e. The highest BCUT2D eigenvalue weighted by atomic mass is 16.5. The lowest BCUT2D eigenvalue weighted by Gasteiger charge is -2.35. The van der Waals surface area contributed by atoms with Gasteiger partial charge in [-0.15, -0.1) is 0 Å². The smallest absolute Gasteiger partial charge is 0.163 e. The number of nitrogens with zero attached hydrogens (tertiary/aromatic N) is 1. The van der Waals surface area contributed by atoms with E-state index in [1.54, 1.807) is 0 Å². The fourth-order valence-electron chi connectivity index (χ4n) is 4.35. The fraction of sp³-hybridized carbons (Fsp3) is 0.938. The molecule has 4 atom stereocenters. The van der Waals surface area contributed by atoms with Crippen LogP contribution in [0.4, 0.5) is 0 Å². The van der Waals surface area contributed by atoms with Crippen LogP contribution in [0.5, 0.6) is 0 Å². The Balaban J connectivity index is 1.52. The Bertz CT molecular complexity index is 342. The topological polar surface area (TPSA) is 29.5 Å². The number of rotatable bonds is 4. The van der Waals surface area contributed by atoms with Crippen LogP contribution in [-0.2, 0) is 9.53 Å². The lowest BCUT2D eigenvalue weighted by atomic mass is 9.84. The van der Waals surface area contributed by atoms with Crippen molar-refractivity contribution in [1.82, 2.24) is 4.90 Å². The summed E-state index contributed by atoms with van der Waals surface area (Å²) in [5, 5.41) is 0. The van der Waals surface area contributed by atoms with Crippen molar-refractivity contribution < 1.29 is 9.53 Å². The summed E-state index contributed by atoms with van der Waals surface area (Å²) in [6.45, 7) is 6.88. The van der Waals surface area contributed by atoms with E-state index in [9.17, 15) is 4.79 Å². The minimum atomic E-state index is -0.157. The fourth-order valence-corrected chi connectivity index (χ4v) is 4.35. The van der Waals surface area contributed by atoms with Crippen molar-refractivity contribution >= 4 is 5.78 Å². The Kier molecular flexibility index (Phi) is 3.95. The van der Waals surface area contributed by atoms with Gasteiger partial charge in [0, 0.05) is 25.6 Å². The highest BCUT2D eigenvalue weighted by Crippen LogP contribution is 2.49. The van der Waals surface area contributed by atoms with Crippen LogP contribution >= 0.6 is 0 Å². The highest BCUT2D eigenvalue weighted by molar-refractivity contribution is 5.83. The molecule has 19 heavy (non-hydrogen) atoms. The summed E-state index contributed by atoms with van der Waals surface area (Å²) >= 11 is 0. The number of ketones is 1. The maximum absolute atomic E-state index is 12.4. The number of fused-ring (bicyclic) bond motifs is 2. The van der Waals surface area contributed by atoms with Gasteiger partial charge in [0.2, 0.25) is 0 Å². The molecule has 3 fully saturated rings. The van der Waals surface area contributed by atoms with Crippen LogP contribution in [0.3, 0.4) is 0 Å². The van der Waals surface area contributed by atoms with Crippen LogP contribution in [-0.4, -0.2) is 42.5 Å². The van der Waals surface area contributed by atoms with Crippen molar-refractivity contribution in [2.24, 2.45) is 17.8 Å². The van der Waals surface area contributed by atoms with E-state index in [1.165, 1.54) is 25.7 Å². The Morgan fingerprint density at radius 3 is 2.79 bits per heavy atom. The third kappa shape index (κ3) is 2.87. The summed E-state index contributed by atoms with van der Waals surface area (Å²) in [4.78, 5) is 14.8. The molecule has 2 aliphatic carbocycles. The molecule has 0 spiro atoms. The molecule has 3 rings (SSSR count). The Morgan fingerprint density at radius 1 is 1.32 bits per heavy atom. The second-order valence-electron chi connectivity index (χ2n) is 7.05. The molecule has 1 saturated heterocycles. The minimum absolute atomic E-state index is 0.157. The standard InChI is InChI=1S/C16H27NO2/c1-11(2)17-5-6-19-16(10-17)15(18)9-14-8-12-3-4-13(14)7-12/h11-14,16H,3-10H2,1-2H3. The van der Waals surface area contributed by atoms with E-state index in [0.29, 0.717) is 24.3 Å². The average Bonchev–Trinajstić information content (AvgIpc) is 3.01. The van der Waals surface area contributed by atoms with Gasteiger partial charge < -0.3 is 4.74 Å². The third-order valence-electron chi connectivity index (χ3n) is 5.54. The van der Waals surface area contributed by atoms with Gasteiger partial charge in [-0.05, 0) is 50.9 Å². The summed E-state index contributed by atoms with van der Waals surface area (Å²) < 4.78 is 5.72. The number of hydrogen-bond acceptors (Lipinski definition) is 3. The first kappa shape index (κ1) is 13.6. The van der Waals surface area contributed by atoms with Gasteiger partial charge in [-0.2, -0.15) is 0 Å². The first-order valence-corrected chi connectivity index (χ1v) is 8.02. The zero-order valence-corrected chi connectivity index (χ0v) is 12.3. The van der Waals surface area contributed by atoms with Crippen molar-refractivity contribution in [3.8, 4) is 0 Å². The first-order valence-electron chi connectivity index (χ1n) is 8.02. The molecule has 108 valence electrons. The van der Waals surface area contributed by atoms with Crippen LogP contribution < -0.4 is 0 Å². The predicted octanol–water partition coefficient (Wildman–Crippen LogP) is 2.49. The first-order chi connectivity index (χ1) is 9.13. The van der Waals surface area contributed by atoms with E-state index in [2.05, 4.69) is 18.7 Å². The molecule has 2 bridgehead atoms. The number of carbonyl (C=O) groups is 1. The van der Waals surface area contributed by atoms with Crippen molar-refractivity contribution in [1.29, 1.82) is 0 Å². The summed E-state index contributed by atoms with van der Waals surface area (Å²) in [5.41, 5.74) is 0. The van der Waals surface area contributed by atoms with Crippen molar-refractivity contribution in [2.45, 2.75) is 58.1 Å². The van der Waals surface area contributed by atoms with Crippen LogP contribution in [0.15, 0.2) is 0 Å². The average molecular weight is 265 g/mol. The molecule has 2 saturated carbocycles. The Hall–Kier alpha value is -0.410. The molecule has 1 aliphatic heterocycles. The van der Waals surface area contributed by atoms with Gasteiger partial charge >= 0.3 is 0 Å². The van der Waals surface area contributed by atoms with E-state index >= 15 is 0 Å². The van der Waals surface area contributed by atoms with Gasteiger partial charge in [0.25, 0.3) is 0 Å². The number of morpholine rings is 1. The SMILES string of the molecule is CC(C)N1CCOC(C(=O)CC2CC3CCC2C3)C1. The maximum Gasteiger partial charge on any atom is 0.163 e. The molecular weight excluding hydrogens is 238 g/mol. The van der Waals surface area contributed by atoms with E-state index < -0.39 is 0 Å². The molecule has 3 aliphatic rings. The molecular formula is C16H27NO2. The Morgan fingerprint density at radius 2 is 2.16 bits per heavy atom. The molecule has 3 nitrogen and oxygen atoms in total. The van der Waals surface area contributed by atoms with Gasteiger partial charge in [0.05, 0.1) is 6.61 Å². The molecule has 3 heteroatoms. The predicted molar refractivity (Wildman–Crippen MR) is 75.0 cm³/mol. The molecule has 4 unspecified atom stereocenters. The number of Topliss-reactive ketones (excluding diaryl/α,β-unsaturated/α-hetero) is 1. The summed E-state index contributed by atoms with van der Waals surface area (Å²) in [6.07, 6.45) is 6.09. The quantitative estimate of drug-likeness (QED) is 0.782. The lowest BCUT2D eigenvalue weighted by molar-refractivity contribution is -0.138. The van der Waals surface area contributed by atoms with Crippen molar-refractivity contribution in [3.63, 3.8) is 0 Å². The monoisotopic (exact) mass is 265 g/mol. The molecule has 0 amide bonds. The van der Waals surface area contributed by atoms with Gasteiger partial charge in [0.15, 0.2) is 5.78 Å². The van der Waals surface area contributed by atoms with Crippen LogP contribution in [0.25, 0.3) is 0 Å². The van der Waals surface area contributed by atoms with Crippen LogP contribution in [0, 0.1) is 17.8 Å². The number of carbonyl (C=O) groups excluding carboxylic acids is 1. The van der Waals surface area contributed by atoms with Gasteiger partial charge in [0.1, 0.15) is 6.10 Å². The van der Waals surface area contributed by atoms with Gasteiger partial charge in [-0.3, -0.25) is 9.69 Å². The Labute approximate surface area is 116 Å². The van der Waals surface area contributed by atoms with E-state index in [4.69, 9.17) is 4.74 Å². The molecule has 1 heterocycles. The van der Waals surface area contributed by atoms with Gasteiger partial charge in [-0.1, -0.05) is 6.42 Å². The summed E-state index contributed by atoms with van der Waals surface area (Å²) in [5.74, 6) is 2.81. The van der Waals surface area contributed by atoms with Crippen molar-refractivity contribution in [2.75, 3.05) is 19.7 Å². The van der Waals surface area contributed by atoms with E-state index in [1.807, 2.05) is 0 Å². The van der Waals surface area contributed by atoms with Crippen LogP contribution in [0.1, 0.15) is 46.0 Å². The maximum atomic E-state index is 12.4. The highest BCUT2D eigenvalue weighted by Gasteiger charge is 2.41. The summed E-state index contributed by atoms with van der Waals surface area (Å²) in [6, 6.07) is 0.515. The molecule has 0 N–H and O–H groups in total. The van der Waals surface area contributed by atoms with Crippen molar-refractivity contribution in [3.05, 3.63) is 0 Å². The lowest BCUT2D eigenvalue weighted by Crippen LogP contribution is -2.49. The van der Waals surface area contributed by atoms with Crippen LogP contribution in [0.2, 0.25) is 0 Å². The number of hydrogen-bond donors (Lipinski definition) is 0. The molecule has 0 aromatic rings. The zero-order valence-electron chi connectivity index (χ0n) is 12.3. The summed E-state index contributed by atoms with van der Waals surface area (Å²) in [7, 11) is 0. The van der Waals surface area contributed by atoms with Gasteiger partial charge in [-0.25, -0.2) is 0 Å². The zero-order chi connectivity index (χ0) is 13.4. The molecule has 0 aromatic carbocycles. The molecule has 0 aromatic heterocycles.